The minimum Gasteiger partial charge on any atom is -0.497 e. The number of hydrogen-bond acceptors (Lipinski definition) is 3. The van der Waals surface area contributed by atoms with E-state index in [4.69, 9.17) is 4.74 Å². The van der Waals surface area contributed by atoms with Crippen LogP contribution in [0.2, 0.25) is 0 Å². The molecule has 0 saturated heterocycles. The molecule has 0 fully saturated rings. The van der Waals surface area contributed by atoms with E-state index in [0.29, 0.717) is 11.2 Å². The summed E-state index contributed by atoms with van der Waals surface area (Å²) in [5.74, 6) is 1.17. The van der Waals surface area contributed by atoms with E-state index in [-0.39, 0.29) is 11.4 Å². The summed E-state index contributed by atoms with van der Waals surface area (Å²) in [6.07, 6.45) is -3.01. The van der Waals surface area contributed by atoms with Gasteiger partial charge in [0.2, 0.25) is 0 Å². The molecule has 2 aromatic carbocycles. The number of ether oxygens (including phenoxy) is 1. The standard InChI is InChI=1S/C19H17F3N2O/c1-12(13-6-8-14(25-2)9-7-13)24-18-16-4-3-5-17(19(20,21)22)15(16)10-11-23-18/h3-12H,1-2H3,(H,23,24). The molecule has 0 aliphatic heterocycles. The molecule has 0 spiro atoms. The molecule has 6 heteroatoms. The van der Waals surface area contributed by atoms with Gasteiger partial charge >= 0.3 is 6.18 Å². The fraction of sp³-hybridized carbons (Fsp3) is 0.211. The molecule has 1 atom stereocenters. The number of nitrogens with zero attached hydrogens (tertiary/aromatic N) is 1. The first-order valence-corrected chi connectivity index (χ1v) is 7.75. The van der Waals surface area contributed by atoms with Crippen LogP contribution >= 0.6 is 0 Å². The second-order valence-corrected chi connectivity index (χ2v) is 5.70. The van der Waals surface area contributed by atoms with Crippen LogP contribution in [-0.2, 0) is 6.18 Å². The number of benzene rings is 2. The predicted molar refractivity (Wildman–Crippen MR) is 91.8 cm³/mol. The van der Waals surface area contributed by atoms with E-state index in [1.54, 1.807) is 13.2 Å². The normalized spacial score (nSPS) is 12.8. The number of pyridine rings is 1. The number of halogens is 3. The number of methoxy groups -OCH3 is 1. The topological polar surface area (TPSA) is 34.1 Å². The average molecular weight is 346 g/mol. The SMILES string of the molecule is COc1ccc(C(C)Nc2nccc3c(C(F)(F)F)cccc23)cc1. The number of rotatable bonds is 4. The molecule has 0 amide bonds. The molecular weight excluding hydrogens is 329 g/mol. The van der Waals surface area contributed by atoms with Gasteiger partial charge in [-0.2, -0.15) is 13.2 Å². The molecular formula is C19H17F3N2O. The lowest BCUT2D eigenvalue weighted by molar-refractivity contribution is -0.136. The van der Waals surface area contributed by atoms with Crippen LogP contribution < -0.4 is 10.1 Å². The van der Waals surface area contributed by atoms with Crippen LogP contribution in [0.1, 0.15) is 24.1 Å². The van der Waals surface area contributed by atoms with Gasteiger partial charge in [0.05, 0.1) is 12.7 Å². The molecule has 0 radical (unpaired) electrons. The molecule has 3 aromatic rings. The van der Waals surface area contributed by atoms with Crippen molar-refractivity contribution in [1.29, 1.82) is 0 Å². The van der Waals surface area contributed by atoms with Gasteiger partial charge in [-0.25, -0.2) is 4.98 Å². The summed E-state index contributed by atoms with van der Waals surface area (Å²) in [4.78, 5) is 4.23. The zero-order valence-corrected chi connectivity index (χ0v) is 13.8. The van der Waals surface area contributed by atoms with Crippen LogP contribution in [0.15, 0.2) is 54.7 Å². The van der Waals surface area contributed by atoms with Crippen molar-refractivity contribution >= 4 is 16.6 Å². The number of hydrogen-bond donors (Lipinski definition) is 1. The van der Waals surface area contributed by atoms with Crippen LogP contribution in [0.5, 0.6) is 5.75 Å². The third kappa shape index (κ3) is 3.52. The fourth-order valence-corrected chi connectivity index (χ4v) is 2.75. The lowest BCUT2D eigenvalue weighted by Crippen LogP contribution is -2.10. The van der Waals surface area contributed by atoms with E-state index in [9.17, 15) is 13.2 Å². The fourth-order valence-electron chi connectivity index (χ4n) is 2.75. The quantitative estimate of drug-likeness (QED) is 0.683. The lowest BCUT2D eigenvalue weighted by atomic mass is 10.0. The number of anilines is 1. The first-order valence-electron chi connectivity index (χ1n) is 7.75. The summed E-state index contributed by atoms with van der Waals surface area (Å²) in [5, 5.41) is 3.77. The maximum absolute atomic E-state index is 13.2. The zero-order valence-electron chi connectivity index (χ0n) is 13.8. The van der Waals surface area contributed by atoms with Crippen molar-refractivity contribution in [3.05, 3.63) is 65.9 Å². The van der Waals surface area contributed by atoms with Crippen molar-refractivity contribution in [2.24, 2.45) is 0 Å². The van der Waals surface area contributed by atoms with Crippen molar-refractivity contribution in [1.82, 2.24) is 4.98 Å². The molecule has 0 bridgehead atoms. The number of nitrogens with one attached hydrogen (secondary N) is 1. The van der Waals surface area contributed by atoms with Gasteiger partial charge in [0.15, 0.2) is 0 Å². The van der Waals surface area contributed by atoms with E-state index in [0.717, 1.165) is 17.4 Å². The van der Waals surface area contributed by atoms with Gasteiger partial charge in [0.1, 0.15) is 11.6 Å². The molecule has 1 aromatic heterocycles. The minimum atomic E-state index is -4.40. The largest absolute Gasteiger partial charge is 0.497 e. The maximum Gasteiger partial charge on any atom is 0.417 e. The van der Waals surface area contributed by atoms with Crippen LogP contribution in [0, 0.1) is 0 Å². The molecule has 3 nitrogen and oxygen atoms in total. The van der Waals surface area contributed by atoms with Crippen molar-refractivity contribution < 1.29 is 17.9 Å². The highest BCUT2D eigenvalue weighted by Gasteiger charge is 2.32. The molecule has 25 heavy (non-hydrogen) atoms. The van der Waals surface area contributed by atoms with Gasteiger partial charge in [-0.3, -0.25) is 0 Å². The highest BCUT2D eigenvalue weighted by atomic mass is 19.4. The van der Waals surface area contributed by atoms with Crippen LogP contribution in [-0.4, -0.2) is 12.1 Å². The first-order chi connectivity index (χ1) is 11.9. The Bertz CT molecular complexity index is 876. The van der Waals surface area contributed by atoms with Gasteiger partial charge < -0.3 is 10.1 Å². The van der Waals surface area contributed by atoms with E-state index in [1.807, 2.05) is 31.2 Å². The van der Waals surface area contributed by atoms with Crippen molar-refractivity contribution in [2.75, 3.05) is 12.4 Å². The summed E-state index contributed by atoms with van der Waals surface area (Å²) in [6, 6.07) is 12.9. The van der Waals surface area contributed by atoms with Crippen LogP contribution in [0.4, 0.5) is 19.0 Å². The first kappa shape index (κ1) is 17.1. The Morgan fingerprint density at radius 3 is 2.36 bits per heavy atom. The Hall–Kier alpha value is -2.76. The summed E-state index contributed by atoms with van der Waals surface area (Å²) < 4.78 is 44.7. The molecule has 3 rings (SSSR count). The second kappa shape index (κ2) is 6.63. The molecule has 1 N–H and O–H groups in total. The van der Waals surface area contributed by atoms with Gasteiger partial charge in [-0.05, 0) is 42.1 Å². The van der Waals surface area contributed by atoms with Crippen molar-refractivity contribution in [3.8, 4) is 5.75 Å². The molecule has 0 aliphatic rings. The number of fused-ring (bicyclic) bond motifs is 1. The Morgan fingerprint density at radius 1 is 1.00 bits per heavy atom. The Kier molecular flexibility index (Phi) is 4.53. The van der Waals surface area contributed by atoms with E-state index >= 15 is 0 Å². The smallest absolute Gasteiger partial charge is 0.417 e. The van der Waals surface area contributed by atoms with E-state index in [1.165, 1.54) is 18.3 Å². The predicted octanol–water partition coefficient (Wildman–Crippen LogP) is 5.44. The van der Waals surface area contributed by atoms with Crippen LogP contribution in [0.25, 0.3) is 10.8 Å². The third-order valence-corrected chi connectivity index (χ3v) is 4.08. The maximum atomic E-state index is 13.2. The number of aromatic nitrogens is 1. The molecule has 0 saturated carbocycles. The Morgan fingerprint density at radius 2 is 1.72 bits per heavy atom. The Labute approximate surface area is 143 Å². The van der Waals surface area contributed by atoms with Gasteiger partial charge in [-0.1, -0.05) is 24.3 Å². The van der Waals surface area contributed by atoms with Crippen molar-refractivity contribution in [3.63, 3.8) is 0 Å². The summed E-state index contributed by atoms with van der Waals surface area (Å²) in [7, 11) is 1.59. The van der Waals surface area contributed by atoms with Crippen molar-refractivity contribution in [2.45, 2.75) is 19.1 Å². The van der Waals surface area contributed by atoms with Gasteiger partial charge in [0, 0.05) is 17.6 Å². The van der Waals surface area contributed by atoms with Gasteiger partial charge in [0.25, 0.3) is 0 Å². The molecule has 1 unspecified atom stereocenters. The Balaban J connectivity index is 1.96. The second-order valence-electron chi connectivity index (χ2n) is 5.70. The monoisotopic (exact) mass is 346 g/mol. The molecule has 0 aliphatic carbocycles. The van der Waals surface area contributed by atoms with E-state index in [2.05, 4.69) is 10.3 Å². The molecule has 130 valence electrons. The third-order valence-electron chi connectivity index (χ3n) is 4.08. The summed E-state index contributed by atoms with van der Waals surface area (Å²) >= 11 is 0. The summed E-state index contributed by atoms with van der Waals surface area (Å²) in [6.45, 7) is 1.93. The van der Waals surface area contributed by atoms with Gasteiger partial charge in [-0.15, -0.1) is 0 Å². The highest BCUT2D eigenvalue weighted by molar-refractivity contribution is 5.94. The minimum absolute atomic E-state index is 0.126. The average Bonchev–Trinajstić information content (AvgIpc) is 2.60. The lowest BCUT2D eigenvalue weighted by Gasteiger charge is -2.18. The molecule has 1 heterocycles. The number of alkyl halides is 3. The van der Waals surface area contributed by atoms with Crippen LogP contribution in [0.3, 0.4) is 0 Å². The highest BCUT2D eigenvalue weighted by Crippen LogP contribution is 2.36. The van der Waals surface area contributed by atoms with E-state index < -0.39 is 11.7 Å². The summed E-state index contributed by atoms with van der Waals surface area (Å²) in [5.41, 5.74) is 0.319. The zero-order chi connectivity index (χ0) is 18.0.